The molecule has 2 heterocycles. The van der Waals surface area contributed by atoms with Gasteiger partial charge in [0.15, 0.2) is 9.92 Å². The van der Waals surface area contributed by atoms with E-state index in [1.54, 1.807) is 0 Å². The Morgan fingerprint density at radius 3 is 2.84 bits per heavy atom. The summed E-state index contributed by atoms with van der Waals surface area (Å²) in [6.45, 7) is 5.12. The van der Waals surface area contributed by atoms with Crippen LogP contribution in [0.1, 0.15) is 61.1 Å². The zero-order valence-corrected chi connectivity index (χ0v) is 19.4. The minimum Gasteiger partial charge on any atom is -0.393 e. The van der Waals surface area contributed by atoms with Gasteiger partial charge in [-0.15, -0.1) is 15.7 Å². The second-order valence-electron chi connectivity index (χ2n) is 8.98. The summed E-state index contributed by atoms with van der Waals surface area (Å²) >= 11 is 0.854. The van der Waals surface area contributed by atoms with Crippen LogP contribution in [0.3, 0.4) is 0 Å². The van der Waals surface area contributed by atoms with Crippen LogP contribution in [0.2, 0.25) is 0 Å². The van der Waals surface area contributed by atoms with Crippen LogP contribution in [0.5, 0.6) is 0 Å². The van der Waals surface area contributed by atoms with E-state index in [1.807, 2.05) is 0 Å². The van der Waals surface area contributed by atoms with E-state index in [0.29, 0.717) is 0 Å². The number of aryl methyl sites for hydroxylation is 1. The highest BCUT2D eigenvalue weighted by Gasteiger charge is 2.36. The van der Waals surface area contributed by atoms with Gasteiger partial charge in [-0.3, -0.25) is 4.98 Å². The third-order valence-electron chi connectivity index (χ3n) is 5.96. The van der Waals surface area contributed by atoms with Crippen LogP contribution < -0.4 is 10.5 Å². The summed E-state index contributed by atoms with van der Waals surface area (Å²) in [5.74, 6) is 0. The number of nitrogens with zero attached hydrogens (tertiary/aromatic N) is 3. The van der Waals surface area contributed by atoms with Gasteiger partial charge in [0.1, 0.15) is 14.8 Å². The summed E-state index contributed by atoms with van der Waals surface area (Å²) in [6, 6.07) is -0.788. The van der Waals surface area contributed by atoms with Crippen molar-refractivity contribution in [2.24, 2.45) is 9.50 Å². The lowest BCUT2D eigenvalue weighted by Gasteiger charge is -2.20. The van der Waals surface area contributed by atoms with Crippen molar-refractivity contribution in [2.45, 2.75) is 68.1 Å². The number of nitrogens with one attached hydrogen (secondary N) is 1. The van der Waals surface area contributed by atoms with Gasteiger partial charge in [-0.1, -0.05) is 13.8 Å². The van der Waals surface area contributed by atoms with Gasteiger partial charge in [0, 0.05) is 11.1 Å². The molecular formula is C20H27N5O4S2. The Hall–Kier alpha value is -1.92. The van der Waals surface area contributed by atoms with Crippen LogP contribution >= 0.6 is 11.3 Å². The molecule has 31 heavy (non-hydrogen) atoms. The van der Waals surface area contributed by atoms with Crippen LogP contribution in [-0.4, -0.2) is 37.0 Å². The fourth-order valence-electron chi connectivity index (χ4n) is 4.14. The molecular weight excluding hydrogens is 438 g/mol. The number of pyridine rings is 1. The second-order valence-corrected chi connectivity index (χ2v) is 12.0. The molecule has 2 atom stereocenters. The van der Waals surface area contributed by atoms with Gasteiger partial charge >= 0.3 is 6.03 Å². The van der Waals surface area contributed by atoms with Crippen molar-refractivity contribution < 1.29 is 19.2 Å². The SMILES string of the molecule is CC1(C)CCc2c1nc1c(c2NC(=O)N=[S@](N)(=O)c2cnc(C(C)(O)CO)s2)CCC1. The Morgan fingerprint density at radius 1 is 1.39 bits per heavy atom. The van der Waals surface area contributed by atoms with Crippen molar-refractivity contribution in [3.8, 4) is 0 Å². The lowest BCUT2D eigenvalue weighted by Crippen LogP contribution is -2.25. The van der Waals surface area contributed by atoms with Crippen molar-refractivity contribution in [3.63, 3.8) is 0 Å². The number of hydrogen-bond acceptors (Lipinski definition) is 7. The molecule has 2 aliphatic carbocycles. The number of anilines is 1. The lowest BCUT2D eigenvalue weighted by molar-refractivity contribution is -0.00244. The molecule has 2 amide bonds. The van der Waals surface area contributed by atoms with Crippen molar-refractivity contribution in [3.05, 3.63) is 33.7 Å². The van der Waals surface area contributed by atoms with E-state index in [2.05, 4.69) is 28.5 Å². The van der Waals surface area contributed by atoms with E-state index < -0.39 is 28.2 Å². The number of aliphatic hydroxyl groups is 2. The molecule has 0 spiro atoms. The van der Waals surface area contributed by atoms with Crippen LogP contribution in [0.15, 0.2) is 14.8 Å². The normalized spacial score (nSPS) is 20.5. The van der Waals surface area contributed by atoms with Gasteiger partial charge in [0.25, 0.3) is 0 Å². The van der Waals surface area contributed by atoms with Crippen molar-refractivity contribution in [1.29, 1.82) is 0 Å². The molecule has 0 aromatic carbocycles. The number of rotatable bonds is 4. The minimum atomic E-state index is -3.57. The van der Waals surface area contributed by atoms with Gasteiger partial charge in [0.05, 0.1) is 24.2 Å². The van der Waals surface area contributed by atoms with E-state index in [1.165, 1.54) is 13.1 Å². The van der Waals surface area contributed by atoms with Gasteiger partial charge in [-0.05, 0) is 50.2 Å². The number of amides is 2. The Kier molecular flexibility index (Phi) is 5.46. The van der Waals surface area contributed by atoms with E-state index in [0.717, 1.165) is 71.6 Å². The predicted octanol–water partition coefficient (Wildman–Crippen LogP) is 2.38. The Balaban J connectivity index is 1.67. The highest BCUT2D eigenvalue weighted by molar-refractivity contribution is 7.93. The number of aromatic nitrogens is 2. The molecule has 4 rings (SSSR count). The number of urea groups is 1. The largest absolute Gasteiger partial charge is 0.393 e. The number of carbonyl (C=O) groups is 1. The molecule has 11 heteroatoms. The van der Waals surface area contributed by atoms with Gasteiger partial charge < -0.3 is 15.5 Å². The summed E-state index contributed by atoms with van der Waals surface area (Å²) in [7, 11) is -3.57. The van der Waals surface area contributed by atoms with Crippen LogP contribution in [0, 0.1) is 0 Å². The van der Waals surface area contributed by atoms with Crippen LogP contribution in [-0.2, 0) is 40.2 Å². The highest BCUT2D eigenvalue weighted by atomic mass is 32.2. The number of carbonyl (C=O) groups excluding carboxylic acids is 1. The third kappa shape index (κ3) is 4.00. The van der Waals surface area contributed by atoms with Gasteiger partial charge in [0.2, 0.25) is 0 Å². The molecule has 2 aromatic rings. The smallest absolute Gasteiger partial charge is 0.354 e. The molecule has 5 N–H and O–H groups in total. The molecule has 2 aliphatic rings. The van der Waals surface area contributed by atoms with Crippen molar-refractivity contribution in [1.82, 2.24) is 9.97 Å². The Bertz CT molecular complexity index is 1180. The first-order valence-corrected chi connectivity index (χ1v) is 12.5. The van der Waals surface area contributed by atoms with Crippen molar-refractivity contribution in [2.75, 3.05) is 11.9 Å². The maximum atomic E-state index is 13.0. The molecule has 0 saturated heterocycles. The van der Waals surface area contributed by atoms with Crippen LogP contribution in [0.4, 0.5) is 10.5 Å². The molecule has 0 bridgehead atoms. The minimum absolute atomic E-state index is 0.0534. The monoisotopic (exact) mass is 465 g/mol. The maximum absolute atomic E-state index is 13.0. The average molecular weight is 466 g/mol. The number of thiazole rings is 1. The van der Waals surface area contributed by atoms with E-state index in [4.69, 9.17) is 10.1 Å². The number of aliphatic hydroxyl groups excluding tert-OH is 1. The molecule has 0 fully saturated rings. The molecule has 1 unspecified atom stereocenters. The summed E-state index contributed by atoms with van der Waals surface area (Å²) < 4.78 is 16.7. The summed E-state index contributed by atoms with van der Waals surface area (Å²) in [5, 5.41) is 28.3. The second kappa shape index (κ2) is 7.59. The van der Waals surface area contributed by atoms with Crippen LogP contribution in [0.25, 0.3) is 0 Å². The standard InChI is InChI=1S/C20H27N5O4S2/c1-19(2)8-7-12-15(11-5-4-6-13(11)23-16(12)19)24-18(27)25-31(21,29)14-9-22-17(30-14)20(3,28)10-26/h9,26,28H,4-8,10H2,1-3H3,(H3,21,23,24,25,27,29)/t20?,31-/m0/s1. The Morgan fingerprint density at radius 2 is 2.13 bits per heavy atom. The molecule has 168 valence electrons. The van der Waals surface area contributed by atoms with E-state index in [9.17, 15) is 19.2 Å². The first-order chi connectivity index (χ1) is 14.4. The zero-order valence-electron chi connectivity index (χ0n) is 17.8. The highest BCUT2D eigenvalue weighted by Crippen LogP contribution is 2.44. The molecule has 0 saturated carbocycles. The zero-order chi connectivity index (χ0) is 22.6. The first kappa shape index (κ1) is 22.3. The number of fused-ring (bicyclic) bond motifs is 2. The molecule has 0 aliphatic heterocycles. The topological polar surface area (TPSA) is 151 Å². The fraction of sp³-hybridized carbons (Fsp3) is 0.550. The molecule has 0 radical (unpaired) electrons. The summed E-state index contributed by atoms with van der Waals surface area (Å²) in [6.07, 6.45) is 5.66. The molecule has 9 nitrogen and oxygen atoms in total. The van der Waals surface area contributed by atoms with Crippen molar-refractivity contribution >= 4 is 33.0 Å². The first-order valence-electron chi connectivity index (χ1n) is 10.2. The molecule has 2 aromatic heterocycles. The van der Waals surface area contributed by atoms with Gasteiger partial charge in [-0.25, -0.2) is 19.1 Å². The summed E-state index contributed by atoms with van der Waals surface area (Å²) in [4.78, 5) is 21.6. The van der Waals surface area contributed by atoms with E-state index >= 15 is 0 Å². The number of hydrogen-bond donors (Lipinski definition) is 4. The average Bonchev–Trinajstić information content (AvgIpc) is 3.41. The van der Waals surface area contributed by atoms with Gasteiger partial charge in [-0.2, -0.15) is 0 Å². The van der Waals surface area contributed by atoms with E-state index in [-0.39, 0.29) is 14.6 Å². The quantitative estimate of drug-likeness (QED) is 0.544. The predicted molar refractivity (Wildman–Crippen MR) is 118 cm³/mol. The fourth-order valence-corrected chi connectivity index (χ4v) is 6.24. The Labute approximate surface area is 185 Å². The maximum Gasteiger partial charge on any atom is 0.354 e. The number of nitrogens with two attached hydrogens (primary N) is 1. The summed E-state index contributed by atoms with van der Waals surface area (Å²) in [5.41, 5.74) is 3.16. The lowest BCUT2D eigenvalue weighted by atomic mass is 9.90. The third-order valence-corrected chi connectivity index (χ3v) is 9.09.